The Kier molecular flexibility index (Phi) is 6.46. The monoisotopic (exact) mass is 477 g/mol. The highest BCUT2D eigenvalue weighted by Crippen LogP contribution is 2.65. The van der Waals surface area contributed by atoms with Gasteiger partial charge in [0, 0.05) is 30.4 Å². The lowest BCUT2D eigenvalue weighted by atomic mass is 9.62. The Hall–Kier alpha value is -2.16. The summed E-state index contributed by atoms with van der Waals surface area (Å²) in [5, 5.41) is 15.8. The molecule has 2 bridgehead atoms. The zero-order chi connectivity index (χ0) is 24.0. The van der Waals surface area contributed by atoms with Crippen LogP contribution in [0.3, 0.4) is 0 Å². The molecule has 0 aliphatic carbocycles. The average molecular weight is 478 g/mol. The van der Waals surface area contributed by atoms with E-state index in [1.807, 2.05) is 20.8 Å². The molecule has 4 rings (SSSR count). The first-order valence-electron chi connectivity index (χ1n) is 11.6. The molecule has 3 fully saturated rings. The van der Waals surface area contributed by atoms with Crippen LogP contribution in [0.1, 0.15) is 40.0 Å². The fraction of sp³-hybridized carbons (Fsp3) is 0.625. The van der Waals surface area contributed by atoms with Gasteiger partial charge in [-0.3, -0.25) is 14.4 Å². The number of carbonyl (C=O) groups excluding carboxylic acids is 3. The fourth-order valence-corrected chi connectivity index (χ4v) is 6.15. The van der Waals surface area contributed by atoms with Gasteiger partial charge in [0.1, 0.15) is 11.6 Å². The van der Waals surface area contributed by atoms with Crippen LogP contribution in [0.15, 0.2) is 24.3 Å². The number of benzene rings is 1. The maximum Gasteiger partial charge on any atom is 0.250 e. The highest BCUT2D eigenvalue weighted by atomic mass is 35.5. The quantitative estimate of drug-likeness (QED) is 0.532. The summed E-state index contributed by atoms with van der Waals surface area (Å²) in [6.45, 7) is 6.49. The largest absolute Gasteiger partial charge is 0.396 e. The number of ether oxygens (including phenoxy) is 1. The molecule has 3 saturated heterocycles. The van der Waals surface area contributed by atoms with Gasteiger partial charge in [-0.2, -0.15) is 0 Å². The van der Waals surface area contributed by atoms with Crippen molar-refractivity contribution >= 4 is 35.0 Å². The normalized spacial score (nSPS) is 34.5. The number of nitrogens with zero attached hydrogens (tertiary/aromatic N) is 1. The molecule has 3 heterocycles. The third-order valence-electron chi connectivity index (χ3n) is 7.56. The highest BCUT2D eigenvalue weighted by Gasteiger charge is 2.79. The van der Waals surface area contributed by atoms with Gasteiger partial charge in [-0.15, -0.1) is 0 Å². The van der Waals surface area contributed by atoms with Gasteiger partial charge in [-0.05, 0) is 56.4 Å². The van der Waals surface area contributed by atoms with Crippen molar-refractivity contribution in [3.63, 3.8) is 0 Å². The van der Waals surface area contributed by atoms with Crippen molar-refractivity contribution in [3.8, 4) is 0 Å². The minimum absolute atomic E-state index is 0.0115. The molecule has 3 amide bonds. The lowest BCUT2D eigenvalue weighted by Gasteiger charge is -2.36. The van der Waals surface area contributed by atoms with Gasteiger partial charge in [0.25, 0.3) is 0 Å². The Morgan fingerprint density at radius 3 is 2.61 bits per heavy atom. The van der Waals surface area contributed by atoms with Crippen LogP contribution in [0.4, 0.5) is 5.69 Å². The molecule has 9 heteroatoms. The molecular weight excluding hydrogens is 446 g/mol. The zero-order valence-corrected chi connectivity index (χ0v) is 20.0. The Morgan fingerprint density at radius 1 is 1.27 bits per heavy atom. The molecule has 1 aromatic rings. The van der Waals surface area contributed by atoms with Crippen LogP contribution in [-0.4, -0.2) is 64.7 Å². The summed E-state index contributed by atoms with van der Waals surface area (Å²) in [7, 11) is 0. The molecule has 1 spiro atoms. The van der Waals surface area contributed by atoms with Crippen LogP contribution in [-0.2, 0) is 19.1 Å². The lowest BCUT2D eigenvalue weighted by molar-refractivity contribution is -0.146. The molecule has 180 valence electrons. The Bertz CT molecular complexity index is 941. The van der Waals surface area contributed by atoms with E-state index in [-0.39, 0.29) is 36.8 Å². The predicted molar refractivity (Wildman–Crippen MR) is 124 cm³/mol. The number of hydrogen-bond donors (Lipinski definition) is 3. The maximum absolute atomic E-state index is 13.7. The molecule has 0 saturated carbocycles. The molecule has 3 N–H and O–H groups in total. The molecular formula is C24H32ClN3O5. The minimum Gasteiger partial charge on any atom is -0.396 e. The molecule has 3 aliphatic heterocycles. The van der Waals surface area contributed by atoms with E-state index < -0.39 is 29.1 Å². The number of aliphatic hydroxyl groups is 1. The molecule has 3 unspecified atom stereocenters. The molecule has 0 radical (unpaired) electrons. The zero-order valence-electron chi connectivity index (χ0n) is 19.3. The van der Waals surface area contributed by atoms with Crippen molar-refractivity contribution in [1.82, 2.24) is 10.2 Å². The third-order valence-corrected chi connectivity index (χ3v) is 7.82. The number of fused-ring (bicyclic) bond motifs is 1. The number of hydrogen-bond acceptors (Lipinski definition) is 5. The number of rotatable bonds is 8. The summed E-state index contributed by atoms with van der Waals surface area (Å²) in [5.74, 6) is -2.25. The van der Waals surface area contributed by atoms with Gasteiger partial charge in [0.2, 0.25) is 17.7 Å². The number of anilines is 1. The minimum atomic E-state index is -1.09. The smallest absolute Gasteiger partial charge is 0.250 e. The van der Waals surface area contributed by atoms with Crippen molar-refractivity contribution in [2.45, 2.75) is 57.3 Å². The standard InChI is InChI=1S/C24H32ClN3O5/c1-4-10-26-20(30)17-18-22(32)28(11-5-12-29)19(24(18)13-14(2)23(17,3)33-24)21(31)27-16-8-6-15(25)7-9-16/h6-9,14,17-19,29H,4-5,10-13H2,1-3H3,(H,26,30)(H,27,31)/t14?,17-,18-,19?,23+,24?/m0/s1. The average Bonchev–Trinajstić information content (AvgIpc) is 3.29. The van der Waals surface area contributed by atoms with Gasteiger partial charge in [0.15, 0.2) is 0 Å². The molecule has 33 heavy (non-hydrogen) atoms. The lowest BCUT2D eigenvalue weighted by Crippen LogP contribution is -2.54. The van der Waals surface area contributed by atoms with Crippen LogP contribution in [0.25, 0.3) is 0 Å². The van der Waals surface area contributed by atoms with Gasteiger partial charge >= 0.3 is 0 Å². The van der Waals surface area contributed by atoms with Crippen molar-refractivity contribution in [2.24, 2.45) is 17.8 Å². The van der Waals surface area contributed by atoms with Crippen molar-refractivity contribution in [2.75, 3.05) is 25.0 Å². The number of amides is 3. The molecule has 8 nitrogen and oxygen atoms in total. The Morgan fingerprint density at radius 2 is 1.97 bits per heavy atom. The van der Waals surface area contributed by atoms with E-state index in [1.54, 1.807) is 24.3 Å². The van der Waals surface area contributed by atoms with Crippen LogP contribution in [0, 0.1) is 17.8 Å². The summed E-state index contributed by atoms with van der Waals surface area (Å²) >= 11 is 5.96. The summed E-state index contributed by atoms with van der Waals surface area (Å²) in [6.07, 6.45) is 1.62. The topological polar surface area (TPSA) is 108 Å². The van der Waals surface area contributed by atoms with Crippen LogP contribution < -0.4 is 10.6 Å². The molecule has 3 aliphatic rings. The van der Waals surface area contributed by atoms with E-state index in [1.165, 1.54) is 4.90 Å². The first-order chi connectivity index (χ1) is 15.7. The number of aliphatic hydroxyl groups excluding tert-OH is 1. The molecule has 0 aromatic heterocycles. The number of nitrogens with one attached hydrogen (secondary N) is 2. The van der Waals surface area contributed by atoms with E-state index in [0.717, 1.165) is 6.42 Å². The van der Waals surface area contributed by atoms with Gasteiger partial charge in [0.05, 0.1) is 17.4 Å². The highest BCUT2D eigenvalue weighted by molar-refractivity contribution is 6.30. The maximum atomic E-state index is 13.7. The van der Waals surface area contributed by atoms with Crippen molar-refractivity contribution in [1.29, 1.82) is 0 Å². The SMILES string of the molecule is CCCNC(=O)[C@@H]1[C@H]2C(=O)N(CCCO)C(C(=O)Nc3ccc(Cl)cc3)C23CC(C)[C@@]1(C)O3. The van der Waals surface area contributed by atoms with Crippen LogP contribution in [0.2, 0.25) is 5.02 Å². The van der Waals surface area contributed by atoms with Gasteiger partial charge in [-0.25, -0.2) is 0 Å². The number of carbonyl (C=O) groups is 3. The summed E-state index contributed by atoms with van der Waals surface area (Å²) < 4.78 is 6.60. The second kappa shape index (κ2) is 8.89. The van der Waals surface area contributed by atoms with Crippen molar-refractivity contribution in [3.05, 3.63) is 29.3 Å². The van der Waals surface area contributed by atoms with Crippen molar-refractivity contribution < 1.29 is 24.2 Å². The summed E-state index contributed by atoms with van der Waals surface area (Å²) in [6, 6.07) is 5.85. The number of halogens is 1. The Balaban J connectivity index is 1.72. The van der Waals surface area contributed by atoms with E-state index in [9.17, 15) is 19.5 Å². The van der Waals surface area contributed by atoms with E-state index in [4.69, 9.17) is 16.3 Å². The first-order valence-corrected chi connectivity index (χ1v) is 12.0. The van der Waals surface area contributed by atoms with Crippen LogP contribution in [0.5, 0.6) is 0 Å². The number of likely N-dealkylation sites (tertiary alicyclic amines) is 1. The fourth-order valence-electron chi connectivity index (χ4n) is 6.02. The molecule has 6 atom stereocenters. The summed E-state index contributed by atoms with van der Waals surface area (Å²) in [4.78, 5) is 42.1. The first kappa shape index (κ1) is 24.0. The van der Waals surface area contributed by atoms with Gasteiger partial charge in [-0.1, -0.05) is 25.4 Å². The Labute approximate surface area is 199 Å². The second-order valence-corrected chi connectivity index (χ2v) is 10.0. The molecule has 1 aromatic carbocycles. The second-order valence-electron chi connectivity index (χ2n) is 9.60. The van der Waals surface area contributed by atoms with Gasteiger partial charge < -0.3 is 25.4 Å². The van der Waals surface area contributed by atoms with E-state index >= 15 is 0 Å². The van der Waals surface area contributed by atoms with E-state index in [2.05, 4.69) is 10.6 Å². The third kappa shape index (κ3) is 3.72. The predicted octanol–water partition coefficient (Wildman–Crippen LogP) is 2.20. The van der Waals surface area contributed by atoms with E-state index in [0.29, 0.717) is 30.1 Å². The summed E-state index contributed by atoms with van der Waals surface area (Å²) in [5.41, 5.74) is -1.37. The van der Waals surface area contributed by atoms with Crippen LogP contribution >= 0.6 is 11.6 Å².